The van der Waals surface area contributed by atoms with Crippen molar-refractivity contribution >= 4 is 23.6 Å². The van der Waals surface area contributed by atoms with Gasteiger partial charge in [0.15, 0.2) is 0 Å². The Morgan fingerprint density at radius 3 is 2.21 bits per heavy atom. The van der Waals surface area contributed by atoms with E-state index in [0.717, 1.165) is 42.7 Å². The number of para-hydroxylation sites is 1. The summed E-state index contributed by atoms with van der Waals surface area (Å²) in [5.41, 5.74) is 3.70. The molecule has 5 nitrogen and oxygen atoms in total. The zero-order valence-electron chi connectivity index (χ0n) is 19.5. The fourth-order valence-corrected chi connectivity index (χ4v) is 4.29. The van der Waals surface area contributed by atoms with Crippen LogP contribution < -0.4 is 15.5 Å². The molecule has 0 unspecified atom stereocenters. The number of amides is 2. The third kappa shape index (κ3) is 6.13. The molecule has 3 aromatic carbocycles. The average Bonchev–Trinajstić information content (AvgIpc) is 2.89. The number of carbonyl (C=O) groups is 2. The molecule has 4 rings (SSSR count). The lowest BCUT2D eigenvalue weighted by Gasteiger charge is -2.34. The third-order valence-electron chi connectivity index (χ3n) is 6.20. The molecule has 3 aromatic rings. The maximum absolute atomic E-state index is 13.1. The summed E-state index contributed by atoms with van der Waals surface area (Å²) in [5.74, 6) is -0.148. The quantitative estimate of drug-likeness (QED) is 0.496. The van der Waals surface area contributed by atoms with Gasteiger partial charge in [0.2, 0.25) is 5.91 Å². The van der Waals surface area contributed by atoms with Crippen molar-refractivity contribution in [3.63, 3.8) is 0 Å². The molecule has 34 heavy (non-hydrogen) atoms. The van der Waals surface area contributed by atoms with E-state index in [9.17, 15) is 9.59 Å². The summed E-state index contributed by atoms with van der Waals surface area (Å²) in [6, 6.07) is 27.6. The second-order valence-corrected chi connectivity index (χ2v) is 8.64. The van der Waals surface area contributed by atoms with Crippen molar-refractivity contribution in [3.8, 4) is 0 Å². The smallest absolute Gasteiger partial charge is 0.253 e. The first-order valence-corrected chi connectivity index (χ1v) is 11.8. The standard InChI is InChI=1S/C29H31N3O2/c1-22(24-12-6-3-7-13-24)30-29(34)26-14-8-9-15-27(26)32-20-18-25(19-21-32)31-28(33)17-16-23-10-4-2-5-11-23/h2-17,22,25H,18-21H2,1H3,(H,30,34)(H,31,33)/b17-16+/t22-/m1/s1. The van der Waals surface area contributed by atoms with Crippen molar-refractivity contribution in [1.82, 2.24) is 10.6 Å². The van der Waals surface area contributed by atoms with Crippen LogP contribution in [0.3, 0.4) is 0 Å². The molecule has 0 radical (unpaired) electrons. The van der Waals surface area contributed by atoms with Crippen molar-refractivity contribution in [2.45, 2.75) is 31.8 Å². The highest BCUT2D eigenvalue weighted by atomic mass is 16.2. The molecule has 1 heterocycles. The van der Waals surface area contributed by atoms with Crippen LogP contribution in [0.1, 0.15) is 47.3 Å². The first kappa shape index (κ1) is 23.3. The lowest BCUT2D eigenvalue weighted by molar-refractivity contribution is -0.117. The van der Waals surface area contributed by atoms with Gasteiger partial charge in [-0.3, -0.25) is 9.59 Å². The Balaban J connectivity index is 1.33. The Labute approximate surface area is 201 Å². The fraction of sp³-hybridized carbons (Fsp3) is 0.241. The van der Waals surface area contributed by atoms with Crippen molar-refractivity contribution in [2.24, 2.45) is 0 Å². The zero-order valence-corrected chi connectivity index (χ0v) is 19.5. The maximum Gasteiger partial charge on any atom is 0.253 e. The van der Waals surface area contributed by atoms with Crippen molar-refractivity contribution in [2.75, 3.05) is 18.0 Å². The van der Waals surface area contributed by atoms with Crippen LogP contribution in [0, 0.1) is 0 Å². The molecule has 1 aliphatic heterocycles. The minimum atomic E-state index is -0.0772. The van der Waals surface area contributed by atoms with E-state index in [0.29, 0.717) is 5.56 Å². The number of benzene rings is 3. The van der Waals surface area contributed by atoms with E-state index in [2.05, 4.69) is 15.5 Å². The number of piperidine rings is 1. The van der Waals surface area contributed by atoms with Crippen LogP contribution in [0.15, 0.2) is 91.0 Å². The molecule has 1 saturated heterocycles. The maximum atomic E-state index is 13.1. The van der Waals surface area contributed by atoms with Crippen LogP contribution in [0.4, 0.5) is 5.69 Å². The van der Waals surface area contributed by atoms with Crippen LogP contribution in [0.2, 0.25) is 0 Å². The minimum Gasteiger partial charge on any atom is -0.371 e. The SMILES string of the molecule is C[C@@H](NC(=O)c1ccccc1N1CCC(NC(=O)/C=C/c2ccccc2)CC1)c1ccccc1. The lowest BCUT2D eigenvalue weighted by atomic mass is 10.0. The molecule has 174 valence electrons. The zero-order chi connectivity index (χ0) is 23.8. The summed E-state index contributed by atoms with van der Waals surface area (Å²) in [4.78, 5) is 27.7. The van der Waals surface area contributed by atoms with Gasteiger partial charge in [0.25, 0.3) is 5.91 Å². The predicted molar refractivity (Wildman–Crippen MR) is 138 cm³/mol. The number of anilines is 1. The topological polar surface area (TPSA) is 61.4 Å². The fourth-order valence-electron chi connectivity index (χ4n) is 4.29. The summed E-state index contributed by atoms with van der Waals surface area (Å²) in [6.07, 6.45) is 5.09. The van der Waals surface area contributed by atoms with E-state index < -0.39 is 0 Å². The van der Waals surface area contributed by atoms with Gasteiger partial charge in [-0.2, -0.15) is 0 Å². The molecule has 1 atom stereocenters. The number of carbonyl (C=O) groups excluding carboxylic acids is 2. The summed E-state index contributed by atoms with van der Waals surface area (Å²) < 4.78 is 0. The Morgan fingerprint density at radius 1 is 0.882 bits per heavy atom. The molecule has 0 spiro atoms. The van der Waals surface area contributed by atoms with Gasteiger partial charge in [0.05, 0.1) is 11.6 Å². The highest BCUT2D eigenvalue weighted by Crippen LogP contribution is 2.25. The molecule has 1 fully saturated rings. The lowest BCUT2D eigenvalue weighted by Crippen LogP contribution is -2.44. The number of rotatable bonds is 7. The molecule has 0 saturated carbocycles. The van der Waals surface area contributed by atoms with Crippen LogP contribution in [0.25, 0.3) is 6.08 Å². The molecule has 0 aromatic heterocycles. The minimum absolute atomic E-state index is 0.0722. The molecular weight excluding hydrogens is 422 g/mol. The van der Waals surface area contributed by atoms with Crippen LogP contribution in [0.5, 0.6) is 0 Å². The van der Waals surface area contributed by atoms with Crippen LogP contribution in [-0.2, 0) is 4.79 Å². The van der Waals surface area contributed by atoms with Crippen molar-refractivity contribution in [1.29, 1.82) is 0 Å². The first-order chi connectivity index (χ1) is 16.6. The van der Waals surface area contributed by atoms with Gasteiger partial charge in [-0.15, -0.1) is 0 Å². The van der Waals surface area contributed by atoms with Crippen molar-refractivity contribution < 1.29 is 9.59 Å². The van der Waals surface area contributed by atoms with Gasteiger partial charge in [0, 0.05) is 30.9 Å². The molecular formula is C29H31N3O2. The number of nitrogens with zero attached hydrogens (tertiary/aromatic N) is 1. The molecule has 5 heteroatoms. The average molecular weight is 454 g/mol. The normalized spacial score (nSPS) is 15.1. The number of hydrogen-bond donors (Lipinski definition) is 2. The third-order valence-corrected chi connectivity index (χ3v) is 6.20. The van der Waals surface area contributed by atoms with Gasteiger partial charge >= 0.3 is 0 Å². The Hall–Kier alpha value is -3.86. The molecule has 1 aliphatic rings. The van der Waals surface area contributed by atoms with Crippen LogP contribution in [-0.4, -0.2) is 30.9 Å². The van der Waals surface area contributed by atoms with Gasteiger partial charge < -0.3 is 15.5 Å². The van der Waals surface area contributed by atoms with Crippen molar-refractivity contribution in [3.05, 3.63) is 108 Å². The van der Waals surface area contributed by atoms with E-state index in [1.54, 1.807) is 6.08 Å². The van der Waals surface area contributed by atoms with E-state index >= 15 is 0 Å². The Morgan fingerprint density at radius 2 is 1.50 bits per heavy atom. The van der Waals surface area contributed by atoms with E-state index in [1.807, 2.05) is 97.9 Å². The Bertz CT molecular complexity index is 1120. The number of hydrogen-bond acceptors (Lipinski definition) is 3. The molecule has 2 amide bonds. The predicted octanol–water partition coefficient (Wildman–Crippen LogP) is 4.98. The van der Waals surface area contributed by atoms with E-state index in [-0.39, 0.29) is 23.9 Å². The monoisotopic (exact) mass is 453 g/mol. The van der Waals surface area contributed by atoms with Gasteiger partial charge in [-0.05, 0) is 49.1 Å². The van der Waals surface area contributed by atoms with Gasteiger partial charge in [-0.1, -0.05) is 72.8 Å². The molecule has 2 N–H and O–H groups in total. The summed E-state index contributed by atoms with van der Waals surface area (Å²) in [5, 5.41) is 6.24. The summed E-state index contributed by atoms with van der Waals surface area (Å²) >= 11 is 0. The van der Waals surface area contributed by atoms with Crippen LogP contribution >= 0.6 is 0 Å². The van der Waals surface area contributed by atoms with E-state index in [1.165, 1.54) is 0 Å². The highest BCUT2D eigenvalue weighted by Gasteiger charge is 2.24. The molecule has 0 aliphatic carbocycles. The van der Waals surface area contributed by atoms with Gasteiger partial charge in [-0.25, -0.2) is 0 Å². The van der Waals surface area contributed by atoms with Gasteiger partial charge in [0.1, 0.15) is 0 Å². The molecule has 0 bridgehead atoms. The second-order valence-electron chi connectivity index (χ2n) is 8.64. The highest BCUT2D eigenvalue weighted by molar-refractivity contribution is 6.00. The number of nitrogens with one attached hydrogen (secondary N) is 2. The summed E-state index contributed by atoms with van der Waals surface area (Å²) in [7, 11) is 0. The largest absolute Gasteiger partial charge is 0.371 e. The summed E-state index contributed by atoms with van der Waals surface area (Å²) in [6.45, 7) is 3.56. The Kier molecular flexibility index (Phi) is 7.76. The second kappa shape index (κ2) is 11.3. The van der Waals surface area contributed by atoms with E-state index in [4.69, 9.17) is 0 Å². The first-order valence-electron chi connectivity index (χ1n) is 11.8.